The van der Waals surface area contributed by atoms with Crippen molar-refractivity contribution in [1.29, 1.82) is 0 Å². The summed E-state index contributed by atoms with van der Waals surface area (Å²) in [6, 6.07) is 4.09. The van der Waals surface area contributed by atoms with E-state index in [0.717, 1.165) is 36.5 Å². The quantitative estimate of drug-likeness (QED) is 0.817. The number of aromatic nitrogens is 3. The Morgan fingerprint density at radius 3 is 3.00 bits per heavy atom. The molecule has 0 spiro atoms. The molecule has 2 aromatic heterocycles. The Balaban J connectivity index is 1.94. The molecule has 22 heavy (non-hydrogen) atoms. The number of rotatable bonds is 3. The fourth-order valence-electron chi connectivity index (χ4n) is 3.02. The molecule has 1 aliphatic rings. The molecule has 5 nitrogen and oxygen atoms in total. The van der Waals surface area contributed by atoms with E-state index in [1.807, 2.05) is 37.3 Å². The summed E-state index contributed by atoms with van der Waals surface area (Å²) in [6.45, 7) is 7.04. The van der Waals surface area contributed by atoms with Crippen LogP contribution in [0.3, 0.4) is 0 Å². The van der Waals surface area contributed by atoms with E-state index in [1.165, 1.54) is 11.6 Å². The highest BCUT2D eigenvalue weighted by molar-refractivity contribution is 5.87. The lowest BCUT2D eigenvalue weighted by Crippen LogP contribution is -2.26. The van der Waals surface area contributed by atoms with Crippen LogP contribution < -0.4 is 0 Å². The Hall–Kier alpha value is -2.43. The molecule has 0 aliphatic carbocycles. The summed E-state index contributed by atoms with van der Waals surface area (Å²) in [7, 11) is 1.91. The van der Waals surface area contributed by atoms with E-state index in [4.69, 9.17) is 0 Å². The van der Waals surface area contributed by atoms with Gasteiger partial charge >= 0.3 is 0 Å². The number of carbonyl (C=O) groups excluding carboxylic acids is 1. The van der Waals surface area contributed by atoms with Gasteiger partial charge in [0.2, 0.25) is 5.91 Å². The Labute approximate surface area is 130 Å². The molecular formula is C17H20N4O. The second-order valence-corrected chi connectivity index (χ2v) is 5.76. The fourth-order valence-corrected chi connectivity index (χ4v) is 3.02. The van der Waals surface area contributed by atoms with Crippen molar-refractivity contribution in [2.75, 3.05) is 13.1 Å². The zero-order valence-corrected chi connectivity index (χ0v) is 13.0. The van der Waals surface area contributed by atoms with Crippen molar-refractivity contribution < 1.29 is 4.79 Å². The van der Waals surface area contributed by atoms with E-state index >= 15 is 0 Å². The van der Waals surface area contributed by atoms with Crippen LogP contribution in [0.5, 0.6) is 0 Å². The number of aryl methyl sites for hydroxylation is 2. The van der Waals surface area contributed by atoms with E-state index in [0.29, 0.717) is 5.92 Å². The maximum absolute atomic E-state index is 11.8. The first-order valence-corrected chi connectivity index (χ1v) is 7.46. The summed E-state index contributed by atoms with van der Waals surface area (Å²) in [5, 5.41) is 4.52. The number of likely N-dealkylation sites (tertiary alicyclic amines) is 1. The predicted molar refractivity (Wildman–Crippen MR) is 85.3 cm³/mol. The third-order valence-electron chi connectivity index (χ3n) is 4.18. The molecule has 1 fully saturated rings. The molecule has 0 saturated carbocycles. The number of carbonyl (C=O) groups is 1. The maximum atomic E-state index is 11.8. The summed E-state index contributed by atoms with van der Waals surface area (Å²) in [4.78, 5) is 18.1. The molecule has 1 aliphatic heterocycles. The minimum absolute atomic E-state index is 0.00181. The Morgan fingerprint density at radius 2 is 2.32 bits per heavy atom. The molecular weight excluding hydrogens is 276 g/mol. The van der Waals surface area contributed by atoms with Gasteiger partial charge in [-0.05, 0) is 37.1 Å². The van der Waals surface area contributed by atoms with Gasteiger partial charge in [0, 0.05) is 49.7 Å². The number of hydrogen-bond acceptors (Lipinski definition) is 3. The number of amides is 1. The van der Waals surface area contributed by atoms with Crippen LogP contribution in [0.25, 0.3) is 11.3 Å². The average molecular weight is 296 g/mol. The van der Waals surface area contributed by atoms with Crippen LogP contribution in [0.4, 0.5) is 0 Å². The molecule has 114 valence electrons. The van der Waals surface area contributed by atoms with Gasteiger partial charge in [-0.15, -0.1) is 0 Å². The SMILES string of the molecule is C=CC(=O)N1CCC(c2cnc(C)cc2-c2ccn(C)n2)C1. The van der Waals surface area contributed by atoms with Crippen LogP contribution in [-0.4, -0.2) is 38.7 Å². The monoisotopic (exact) mass is 296 g/mol. The molecule has 1 atom stereocenters. The van der Waals surface area contributed by atoms with Crippen molar-refractivity contribution >= 4 is 5.91 Å². The van der Waals surface area contributed by atoms with Crippen LogP contribution in [0, 0.1) is 6.92 Å². The maximum Gasteiger partial charge on any atom is 0.245 e. The van der Waals surface area contributed by atoms with Crippen LogP contribution >= 0.6 is 0 Å². The highest BCUT2D eigenvalue weighted by Crippen LogP contribution is 2.34. The number of hydrogen-bond donors (Lipinski definition) is 0. The average Bonchev–Trinajstić information content (AvgIpc) is 3.15. The van der Waals surface area contributed by atoms with Crippen molar-refractivity contribution in [2.45, 2.75) is 19.3 Å². The molecule has 1 saturated heterocycles. The molecule has 0 aromatic carbocycles. The van der Waals surface area contributed by atoms with Crippen molar-refractivity contribution in [3.63, 3.8) is 0 Å². The minimum Gasteiger partial charge on any atom is -0.339 e. The lowest BCUT2D eigenvalue weighted by Gasteiger charge is -2.16. The highest BCUT2D eigenvalue weighted by Gasteiger charge is 2.28. The van der Waals surface area contributed by atoms with Crippen molar-refractivity contribution in [2.24, 2.45) is 7.05 Å². The molecule has 0 N–H and O–H groups in total. The van der Waals surface area contributed by atoms with Crippen LogP contribution in [0.15, 0.2) is 37.2 Å². The highest BCUT2D eigenvalue weighted by atomic mass is 16.2. The van der Waals surface area contributed by atoms with Gasteiger partial charge in [-0.25, -0.2) is 0 Å². The zero-order valence-electron chi connectivity index (χ0n) is 13.0. The standard InChI is InChI=1S/C17H20N4O/c1-4-17(22)21-8-5-13(11-21)15-10-18-12(2)9-14(15)16-6-7-20(3)19-16/h4,6-7,9-10,13H,1,5,8,11H2,2-3H3. The fraction of sp³-hybridized carbons (Fsp3) is 0.353. The molecule has 3 heterocycles. The van der Waals surface area contributed by atoms with Gasteiger partial charge in [0.05, 0.1) is 5.69 Å². The largest absolute Gasteiger partial charge is 0.339 e. The van der Waals surface area contributed by atoms with Gasteiger partial charge in [0.1, 0.15) is 0 Å². The Kier molecular flexibility index (Phi) is 3.79. The van der Waals surface area contributed by atoms with Gasteiger partial charge in [-0.3, -0.25) is 14.5 Å². The zero-order chi connectivity index (χ0) is 15.7. The second kappa shape index (κ2) is 5.75. The van der Waals surface area contributed by atoms with Crippen LogP contribution in [0.1, 0.15) is 23.6 Å². The lowest BCUT2D eigenvalue weighted by molar-refractivity contribution is -0.125. The molecule has 2 aromatic rings. The topological polar surface area (TPSA) is 51.0 Å². The van der Waals surface area contributed by atoms with Crippen molar-refractivity contribution in [3.05, 3.63) is 48.4 Å². The molecule has 1 unspecified atom stereocenters. The van der Waals surface area contributed by atoms with Crippen LogP contribution in [-0.2, 0) is 11.8 Å². The first-order valence-electron chi connectivity index (χ1n) is 7.46. The van der Waals surface area contributed by atoms with Crippen LogP contribution in [0.2, 0.25) is 0 Å². The summed E-state index contributed by atoms with van der Waals surface area (Å²) < 4.78 is 1.80. The summed E-state index contributed by atoms with van der Waals surface area (Å²) in [5.74, 6) is 0.302. The van der Waals surface area contributed by atoms with E-state index < -0.39 is 0 Å². The van der Waals surface area contributed by atoms with Crippen molar-refractivity contribution in [1.82, 2.24) is 19.7 Å². The summed E-state index contributed by atoms with van der Waals surface area (Å²) >= 11 is 0. The molecule has 0 radical (unpaired) electrons. The molecule has 0 bridgehead atoms. The lowest BCUT2D eigenvalue weighted by atomic mass is 9.93. The third-order valence-corrected chi connectivity index (χ3v) is 4.18. The number of nitrogens with zero attached hydrogens (tertiary/aromatic N) is 4. The van der Waals surface area contributed by atoms with E-state index in [9.17, 15) is 4.79 Å². The second-order valence-electron chi connectivity index (χ2n) is 5.76. The molecule has 5 heteroatoms. The van der Waals surface area contributed by atoms with E-state index in [2.05, 4.69) is 22.7 Å². The van der Waals surface area contributed by atoms with Gasteiger partial charge < -0.3 is 4.90 Å². The number of pyridine rings is 1. The summed E-state index contributed by atoms with van der Waals surface area (Å²) in [6.07, 6.45) is 6.21. The van der Waals surface area contributed by atoms with Gasteiger partial charge in [-0.2, -0.15) is 5.10 Å². The predicted octanol–water partition coefficient (Wildman–Crippen LogP) is 2.29. The minimum atomic E-state index is 0.00181. The normalized spacial score (nSPS) is 17.7. The van der Waals surface area contributed by atoms with Crippen molar-refractivity contribution in [3.8, 4) is 11.3 Å². The Morgan fingerprint density at radius 1 is 1.50 bits per heavy atom. The van der Waals surface area contributed by atoms with E-state index in [1.54, 1.807) is 4.68 Å². The first-order chi connectivity index (χ1) is 10.6. The first kappa shape index (κ1) is 14.5. The third kappa shape index (κ3) is 2.66. The Bertz CT molecular complexity index is 719. The van der Waals surface area contributed by atoms with E-state index in [-0.39, 0.29) is 5.91 Å². The molecule has 1 amide bonds. The smallest absolute Gasteiger partial charge is 0.245 e. The summed E-state index contributed by atoms with van der Waals surface area (Å²) in [5.41, 5.74) is 4.22. The van der Waals surface area contributed by atoms with Gasteiger partial charge in [0.15, 0.2) is 0 Å². The molecule has 3 rings (SSSR count). The van der Waals surface area contributed by atoms with Gasteiger partial charge in [0.25, 0.3) is 0 Å². The van der Waals surface area contributed by atoms with Gasteiger partial charge in [-0.1, -0.05) is 6.58 Å².